The Kier molecular flexibility index (Phi) is 6.09. The van der Waals surface area contributed by atoms with Crippen molar-refractivity contribution in [2.24, 2.45) is 11.7 Å². The first kappa shape index (κ1) is 15.4. The van der Waals surface area contributed by atoms with Crippen molar-refractivity contribution in [3.8, 4) is 0 Å². The van der Waals surface area contributed by atoms with E-state index in [2.05, 4.69) is 38.2 Å². The zero-order valence-corrected chi connectivity index (χ0v) is 12.3. The van der Waals surface area contributed by atoms with Gasteiger partial charge in [-0.25, -0.2) is 0 Å². The van der Waals surface area contributed by atoms with E-state index in [9.17, 15) is 4.79 Å². The van der Waals surface area contributed by atoms with E-state index in [-0.39, 0.29) is 11.9 Å². The molecule has 0 spiro atoms. The van der Waals surface area contributed by atoms with Crippen LogP contribution >= 0.6 is 0 Å². The molecule has 0 saturated heterocycles. The minimum Gasteiger partial charge on any atom is -0.352 e. The van der Waals surface area contributed by atoms with Gasteiger partial charge < -0.3 is 16.0 Å². The van der Waals surface area contributed by atoms with Gasteiger partial charge in [0.15, 0.2) is 0 Å². The highest BCUT2D eigenvalue weighted by molar-refractivity contribution is 5.81. The molecule has 0 radical (unpaired) electrons. The van der Waals surface area contributed by atoms with Crippen LogP contribution in [0.3, 0.4) is 0 Å². The van der Waals surface area contributed by atoms with Crippen LogP contribution in [-0.2, 0) is 4.79 Å². The lowest BCUT2D eigenvalue weighted by Gasteiger charge is -2.34. The van der Waals surface area contributed by atoms with Crippen LogP contribution in [0.4, 0.5) is 0 Å². The Morgan fingerprint density at radius 3 is 2.61 bits per heavy atom. The molecule has 106 valence electrons. The number of rotatable bonds is 5. The SMILES string of the molecule is CC(C)C[C@H](N)C(=O)NC1CCCC(N(C)C)C1. The first-order valence-corrected chi connectivity index (χ1v) is 7.12. The van der Waals surface area contributed by atoms with Crippen LogP contribution in [-0.4, -0.2) is 43.0 Å². The van der Waals surface area contributed by atoms with Crippen LogP contribution in [0, 0.1) is 5.92 Å². The molecule has 0 aliphatic heterocycles. The number of carbonyl (C=O) groups is 1. The highest BCUT2D eigenvalue weighted by Gasteiger charge is 2.26. The van der Waals surface area contributed by atoms with Gasteiger partial charge in [0.2, 0.25) is 5.91 Å². The first-order valence-electron chi connectivity index (χ1n) is 7.12. The van der Waals surface area contributed by atoms with E-state index in [0.29, 0.717) is 18.0 Å². The lowest BCUT2D eigenvalue weighted by Crippen LogP contribution is -2.49. The van der Waals surface area contributed by atoms with Gasteiger partial charge in [-0.15, -0.1) is 0 Å². The Morgan fingerprint density at radius 2 is 2.06 bits per heavy atom. The van der Waals surface area contributed by atoms with Gasteiger partial charge in [0, 0.05) is 12.1 Å². The zero-order valence-electron chi connectivity index (χ0n) is 12.3. The molecule has 18 heavy (non-hydrogen) atoms. The van der Waals surface area contributed by atoms with Crippen LogP contribution in [0.25, 0.3) is 0 Å². The van der Waals surface area contributed by atoms with E-state index in [0.717, 1.165) is 19.3 Å². The maximum Gasteiger partial charge on any atom is 0.237 e. The second kappa shape index (κ2) is 7.10. The predicted octanol–water partition coefficient (Wildman–Crippen LogP) is 1.35. The van der Waals surface area contributed by atoms with Crippen molar-refractivity contribution >= 4 is 5.91 Å². The third-order valence-corrected chi connectivity index (χ3v) is 3.79. The molecule has 1 saturated carbocycles. The van der Waals surface area contributed by atoms with Crippen molar-refractivity contribution in [1.29, 1.82) is 0 Å². The topological polar surface area (TPSA) is 58.4 Å². The smallest absolute Gasteiger partial charge is 0.237 e. The average molecular weight is 255 g/mol. The summed E-state index contributed by atoms with van der Waals surface area (Å²) in [6.45, 7) is 4.19. The number of hydrogen-bond donors (Lipinski definition) is 2. The fourth-order valence-electron chi connectivity index (χ4n) is 2.69. The molecule has 4 heteroatoms. The normalized spacial score (nSPS) is 26.4. The summed E-state index contributed by atoms with van der Waals surface area (Å²) in [6.07, 6.45) is 5.32. The molecule has 0 aromatic carbocycles. The molecule has 3 N–H and O–H groups in total. The highest BCUT2D eigenvalue weighted by Crippen LogP contribution is 2.21. The summed E-state index contributed by atoms with van der Waals surface area (Å²) in [5.41, 5.74) is 5.91. The van der Waals surface area contributed by atoms with Gasteiger partial charge in [-0.05, 0) is 52.1 Å². The Hall–Kier alpha value is -0.610. The summed E-state index contributed by atoms with van der Waals surface area (Å²) in [4.78, 5) is 14.2. The fourth-order valence-corrected chi connectivity index (χ4v) is 2.69. The quantitative estimate of drug-likeness (QED) is 0.779. The second-order valence-electron chi connectivity index (χ2n) is 6.23. The summed E-state index contributed by atoms with van der Waals surface area (Å²) < 4.78 is 0. The van der Waals surface area contributed by atoms with E-state index in [1.807, 2.05) is 0 Å². The predicted molar refractivity (Wildman–Crippen MR) is 75.3 cm³/mol. The Morgan fingerprint density at radius 1 is 1.39 bits per heavy atom. The van der Waals surface area contributed by atoms with Gasteiger partial charge in [0.1, 0.15) is 0 Å². The number of nitrogens with zero attached hydrogens (tertiary/aromatic N) is 1. The molecular formula is C14H29N3O. The van der Waals surface area contributed by atoms with E-state index < -0.39 is 0 Å². The highest BCUT2D eigenvalue weighted by atomic mass is 16.2. The average Bonchev–Trinajstić information content (AvgIpc) is 2.28. The van der Waals surface area contributed by atoms with Gasteiger partial charge >= 0.3 is 0 Å². The van der Waals surface area contributed by atoms with Crippen LogP contribution in [0.1, 0.15) is 46.0 Å². The molecule has 0 aromatic heterocycles. The van der Waals surface area contributed by atoms with Gasteiger partial charge in [-0.3, -0.25) is 4.79 Å². The molecule has 2 unspecified atom stereocenters. The summed E-state index contributed by atoms with van der Waals surface area (Å²) in [7, 11) is 4.22. The lowest BCUT2D eigenvalue weighted by molar-refractivity contribution is -0.123. The number of carbonyl (C=O) groups excluding carboxylic acids is 1. The van der Waals surface area contributed by atoms with E-state index in [1.165, 1.54) is 12.8 Å². The number of hydrogen-bond acceptors (Lipinski definition) is 3. The first-order chi connectivity index (χ1) is 8.40. The van der Waals surface area contributed by atoms with E-state index in [4.69, 9.17) is 5.73 Å². The Labute approximate surface area is 111 Å². The van der Waals surface area contributed by atoms with Crippen LogP contribution in [0.15, 0.2) is 0 Å². The van der Waals surface area contributed by atoms with Crippen molar-refractivity contribution in [2.45, 2.75) is 64.1 Å². The monoisotopic (exact) mass is 255 g/mol. The van der Waals surface area contributed by atoms with Crippen LogP contribution in [0.2, 0.25) is 0 Å². The maximum atomic E-state index is 12.0. The standard InChI is InChI=1S/C14H29N3O/c1-10(2)8-13(15)14(18)16-11-6-5-7-12(9-11)17(3)4/h10-13H,5-9,15H2,1-4H3,(H,16,18)/t11?,12?,13-/m0/s1. The van der Waals surface area contributed by atoms with Gasteiger partial charge in [-0.1, -0.05) is 13.8 Å². The number of nitrogens with one attached hydrogen (secondary N) is 1. The van der Waals surface area contributed by atoms with Gasteiger partial charge in [-0.2, -0.15) is 0 Å². The zero-order chi connectivity index (χ0) is 13.7. The van der Waals surface area contributed by atoms with E-state index in [1.54, 1.807) is 0 Å². The molecule has 1 amide bonds. The maximum absolute atomic E-state index is 12.0. The molecule has 3 atom stereocenters. The number of amides is 1. The largest absolute Gasteiger partial charge is 0.352 e. The molecule has 1 fully saturated rings. The lowest BCUT2D eigenvalue weighted by atomic mass is 9.90. The van der Waals surface area contributed by atoms with Crippen LogP contribution < -0.4 is 11.1 Å². The minimum absolute atomic E-state index is 0.0214. The molecule has 0 bridgehead atoms. The molecule has 1 aliphatic rings. The summed E-state index contributed by atoms with van der Waals surface area (Å²) in [6, 6.07) is 0.534. The fraction of sp³-hybridized carbons (Fsp3) is 0.929. The Bertz CT molecular complexity index is 266. The van der Waals surface area contributed by atoms with Crippen LogP contribution in [0.5, 0.6) is 0 Å². The molecule has 1 aliphatic carbocycles. The van der Waals surface area contributed by atoms with Gasteiger partial charge in [0.05, 0.1) is 6.04 Å². The van der Waals surface area contributed by atoms with Crippen molar-refractivity contribution in [3.05, 3.63) is 0 Å². The minimum atomic E-state index is -0.357. The van der Waals surface area contributed by atoms with Crippen molar-refractivity contribution in [2.75, 3.05) is 14.1 Å². The summed E-state index contributed by atoms with van der Waals surface area (Å²) >= 11 is 0. The molecule has 0 heterocycles. The van der Waals surface area contributed by atoms with Crippen molar-refractivity contribution in [3.63, 3.8) is 0 Å². The second-order valence-corrected chi connectivity index (χ2v) is 6.23. The summed E-state index contributed by atoms with van der Waals surface area (Å²) in [5.74, 6) is 0.486. The third-order valence-electron chi connectivity index (χ3n) is 3.79. The summed E-state index contributed by atoms with van der Waals surface area (Å²) in [5, 5.41) is 3.12. The Balaban J connectivity index is 2.39. The molecule has 0 aromatic rings. The van der Waals surface area contributed by atoms with Gasteiger partial charge in [0.25, 0.3) is 0 Å². The molecular weight excluding hydrogens is 226 g/mol. The molecule has 1 rings (SSSR count). The molecule has 4 nitrogen and oxygen atoms in total. The van der Waals surface area contributed by atoms with Crippen molar-refractivity contribution < 1.29 is 4.79 Å². The third kappa shape index (κ3) is 4.94. The van der Waals surface area contributed by atoms with E-state index >= 15 is 0 Å². The van der Waals surface area contributed by atoms with Crippen molar-refractivity contribution in [1.82, 2.24) is 10.2 Å². The number of nitrogens with two attached hydrogens (primary N) is 1.